The van der Waals surface area contributed by atoms with E-state index in [1.807, 2.05) is 0 Å². The summed E-state index contributed by atoms with van der Waals surface area (Å²) in [4.78, 5) is 24.3. The largest absolute Gasteiger partial charge is 0.458 e. The summed E-state index contributed by atoms with van der Waals surface area (Å²) < 4.78 is 11.0. The molecule has 8 heteroatoms. The van der Waals surface area contributed by atoms with Gasteiger partial charge in [0.15, 0.2) is 0 Å². The molecule has 3 N–H and O–H groups in total. The van der Waals surface area contributed by atoms with Gasteiger partial charge >= 0.3 is 11.9 Å². The highest BCUT2D eigenvalue weighted by Gasteiger charge is 2.67. The number of alkyl halides is 1. The predicted octanol–water partition coefficient (Wildman–Crippen LogP) is 0.470. The van der Waals surface area contributed by atoms with E-state index in [4.69, 9.17) is 21.1 Å². The second-order valence-corrected chi connectivity index (χ2v) is 7.89. The minimum Gasteiger partial charge on any atom is -0.458 e. The van der Waals surface area contributed by atoms with Gasteiger partial charge in [-0.15, -0.1) is 11.6 Å². The van der Waals surface area contributed by atoms with Crippen LogP contribution < -0.4 is 0 Å². The van der Waals surface area contributed by atoms with Crippen LogP contribution in [-0.4, -0.2) is 63.2 Å². The average molecular weight is 399 g/mol. The van der Waals surface area contributed by atoms with Crippen molar-refractivity contribution in [2.75, 3.05) is 5.88 Å². The Balaban J connectivity index is 2.09. The molecule has 3 aliphatic rings. The lowest BCUT2D eigenvalue weighted by Crippen LogP contribution is -2.52. The number of esters is 2. The normalized spacial score (nSPS) is 43.6. The number of aliphatic hydroxyl groups excluding tert-OH is 2. The van der Waals surface area contributed by atoms with E-state index in [9.17, 15) is 24.9 Å². The number of hydrogen-bond acceptors (Lipinski definition) is 7. The van der Waals surface area contributed by atoms with E-state index in [-0.39, 0.29) is 23.4 Å². The van der Waals surface area contributed by atoms with Gasteiger partial charge < -0.3 is 24.8 Å². The van der Waals surface area contributed by atoms with Crippen molar-refractivity contribution in [1.82, 2.24) is 0 Å². The highest BCUT2D eigenvalue weighted by atomic mass is 35.5. The Hall–Kier alpha value is -1.67. The molecule has 3 fully saturated rings. The van der Waals surface area contributed by atoms with Gasteiger partial charge in [-0.25, -0.2) is 9.59 Å². The van der Waals surface area contributed by atoms with Crippen molar-refractivity contribution >= 4 is 23.5 Å². The molecular formula is C19H23ClO7. The second kappa shape index (κ2) is 6.74. The lowest BCUT2D eigenvalue weighted by molar-refractivity contribution is -0.155. The van der Waals surface area contributed by atoms with E-state index in [0.717, 1.165) is 0 Å². The smallest absolute Gasteiger partial charge is 0.334 e. The number of hydrogen-bond donors (Lipinski definition) is 3. The van der Waals surface area contributed by atoms with Crippen molar-refractivity contribution in [2.24, 2.45) is 17.8 Å². The number of carbonyl (C=O) groups is 2. The zero-order valence-electron chi connectivity index (χ0n) is 14.9. The van der Waals surface area contributed by atoms with Gasteiger partial charge in [-0.05, 0) is 6.92 Å². The number of fused-ring (bicyclic) bond motifs is 3. The standard InChI is InChI=1S/C19H23ClO7/c1-7(2)17(23)26-10-5-8(3)11-13(15-12(10)9(4)18(24)27-15)19(25,6-20)16(22)14(11)21/h10-16,21-22,25H,1,3-6H2,2H3/t10-,11-,12+,13-,14+,15-,16-,19-/m0/s1. The van der Waals surface area contributed by atoms with Crippen LogP contribution >= 0.6 is 11.6 Å². The monoisotopic (exact) mass is 398 g/mol. The minimum atomic E-state index is -1.91. The van der Waals surface area contributed by atoms with Gasteiger partial charge in [-0.1, -0.05) is 25.3 Å². The van der Waals surface area contributed by atoms with Gasteiger partial charge in [0.2, 0.25) is 0 Å². The topological polar surface area (TPSA) is 113 Å². The SMILES string of the molecule is C=C(C)C(=O)O[C@H]1CC(=C)[C@@H]2[C@@H](O)[C@H](O)[C@](O)(CCl)[C@@H]2[C@H]2OC(=O)C(=C)[C@@H]21. The van der Waals surface area contributed by atoms with E-state index < -0.39 is 59.7 Å². The fourth-order valence-corrected chi connectivity index (χ4v) is 4.92. The number of ether oxygens (including phenoxy) is 2. The first-order valence-electron chi connectivity index (χ1n) is 8.63. The molecule has 7 nitrogen and oxygen atoms in total. The van der Waals surface area contributed by atoms with Crippen LogP contribution in [-0.2, 0) is 19.1 Å². The first-order chi connectivity index (χ1) is 12.5. The molecule has 1 heterocycles. The van der Waals surface area contributed by atoms with Crippen molar-refractivity contribution < 1.29 is 34.4 Å². The lowest BCUT2D eigenvalue weighted by Gasteiger charge is -2.36. The van der Waals surface area contributed by atoms with E-state index in [0.29, 0.717) is 5.57 Å². The summed E-state index contributed by atoms with van der Waals surface area (Å²) in [6.45, 7) is 12.8. The highest BCUT2D eigenvalue weighted by Crippen LogP contribution is 2.55. The Kier molecular flexibility index (Phi) is 5.01. The molecule has 2 saturated carbocycles. The maximum atomic E-state index is 12.2. The Morgan fingerprint density at radius 3 is 2.56 bits per heavy atom. The second-order valence-electron chi connectivity index (χ2n) is 7.62. The van der Waals surface area contributed by atoms with Crippen LogP contribution in [0.4, 0.5) is 0 Å². The molecule has 0 aromatic carbocycles. The van der Waals surface area contributed by atoms with Gasteiger partial charge in [0.05, 0.1) is 17.9 Å². The number of carbonyl (C=O) groups excluding carboxylic acids is 2. The Morgan fingerprint density at radius 2 is 2.00 bits per heavy atom. The van der Waals surface area contributed by atoms with Gasteiger partial charge in [0.1, 0.15) is 23.9 Å². The number of aliphatic hydroxyl groups is 3. The third-order valence-electron chi connectivity index (χ3n) is 5.94. The van der Waals surface area contributed by atoms with Crippen LogP contribution in [0.3, 0.4) is 0 Å². The van der Waals surface area contributed by atoms with Crippen LogP contribution in [0.2, 0.25) is 0 Å². The average Bonchev–Trinajstić information content (AvgIpc) is 2.95. The summed E-state index contributed by atoms with van der Waals surface area (Å²) in [5.74, 6) is -4.18. The molecule has 0 radical (unpaired) electrons. The third-order valence-corrected chi connectivity index (χ3v) is 6.37. The predicted molar refractivity (Wildman–Crippen MR) is 95.6 cm³/mol. The molecule has 1 saturated heterocycles. The molecule has 0 aromatic heterocycles. The molecule has 0 amide bonds. The fraction of sp³-hybridized carbons (Fsp3) is 0.579. The van der Waals surface area contributed by atoms with Crippen LogP contribution in [0, 0.1) is 17.8 Å². The van der Waals surface area contributed by atoms with Gasteiger partial charge in [-0.3, -0.25) is 0 Å². The van der Waals surface area contributed by atoms with Gasteiger partial charge in [0, 0.05) is 29.4 Å². The maximum absolute atomic E-state index is 12.2. The Labute approximate surface area is 161 Å². The van der Waals surface area contributed by atoms with E-state index in [2.05, 4.69) is 19.7 Å². The van der Waals surface area contributed by atoms with E-state index in [1.54, 1.807) is 0 Å². The van der Waals surface area contributed by atoms with Crippen LogP contribution in [0.25, 0.3) is 0 Å². The number of halogens is 1. The third kappa shape index (κ3) is 2.84. The summed E-state index contributed by atoms with van der Waals surface area (Å²) in [6, 6.07) is 0. The molecule has 8 atom stereocenters. The van der Waals surface area contributed by atoms with Crippen molar-refractivity contribution in [2.45, 2.75) is 43.4 Å². The van der Waals surface area contributed by atoms with Gasteiger partial charge in [0.25, 0.3) is 0 Å². The highest BCUT2D eigenvalue weighted by molar-refractivity contribution is 6.18. The molecule has 0 bridgehead atoms. The minimum absolute atomic E-state index is 0.0979. The van der Waals surface area contributed by atoms with Gasteiger partial charge in [-0.2, -0.15) is 0 Å². The molecule has 0 unspecified atom stereocenters. The lowest BCUT2D eigenvalue weighted by atomic mass is 9.76. The molecule has 3 rings (SSSR count). The van der Waals surface area contributed by atoms with Crippen LogP contribution in [0.15, 0.2) is 36.5 Å². The first kappa shape index (κ1) is 20.1. The molecule has 1 aliphatic heterocycles. The Morgan fingerprint density at radius 1 is 1.37 bits per heavy atom. The molecule has 27 heavy (non-hydrogen) atoms. The maximum Gasteiger partial charge on any atom is 0.334 e. The van der Waals surface area contributed by atoms with Crippen molar-refractivity contribution in [1.29, 1.82) is 0 Å². The molecular weight excluding hydrogens is 376 g/mol. The summed E-state index contributed by atoms with van der Waals surface area (Å²) in [5, 5.41) is 32.0. The first-order valence-corrected chi connectivity index (χ1v) is 9.16. The zero-order chi connectivity index (χ0) is 20.3. The fourth-order valence-electron chi connectivity index (χ4n) is 4.58. The van der Waals surface area contributed by atoms with E-state index >= 15 is 0 Å². The summed E-state index contributed by atoms with van der Waals surface area (Å²) in [5.41, 5.74) is -1.16. The van der Waals surface area contributed by atoms with Crippen LogP contribution in [0.1, 0.15) is 13.3 Å². The van der Waals surface area contributed by atoms with E-state index in [1.165, 1.54) is 6.92 Å². The molecule has 0 spiro atoms. The number of rotatable bonds is 3. The summed E-state index contributed by atoms with van der Waals surface area (Å²) in [7, 11) is 0. The summed E-state index contributed by atoms with van der Waals surface area (Å²) in [6.07, 6.45) is -4.59. The molecule has 2 aliphatic carbocycles. The quantitative estimate of drug-likeness (QED) is 0.274. The zero-order valence-corrected chi connectivity index (χ0v) is 15.7. The molecule has 148 valence electrons. The van der Waals surface area contributed by atoms with Crippen molar-refractivity contribution in [3.05, 3.63) is 36.5 Å². The Bertz CT molecular complexity index is 732. The summed E-state index contributed by atoms with van der Waals surface area (Å²) >= 11 is 5.94. The van der Waals surface area contributed by atoms with Crippen molar-refractivity contribution in [3.63, 3.8) is 0 Å². The van der Waals surface area contributed by atoms with Crippen LogP contribution in [0.5, 0.6) is 0 Å². The van der Waals surface area contributed by atoms with Crippen molar-refractivity contribution in [3.8, 4) is 0 Å². The molecule has 0 aromatic rings.